The molecule has 1 atom stereocenters. The third kappa shape index (κ3) is 8.75. The van der Waals surface area contributed by atoms with Gasteiger partial charge in [0, 0.05) is 36.6 Å². The maximum absolute atomic E-state index is 13.2. The van der Waals surface area contributed by atoms with Crippen molar-refractivity contribution in [2.45, 2.75) is 44.1 Å². The highest BCUT2D eigenvalue weighted by Gasteiger charge is 2.40. The smallest absolute Gasteiger partial charge is 0.475 e. The number of benzene rings is 1. The van der Waals surface area contributed by atoms with Gasteiger partial charge in [0.1, 0.15) is 0 Å². The summed E-state index contributed by atoms with van der Waals surface area (Å²) in [6.45, 7) is 0.805. The molecule has 224 valence electrons. The molecule has 1 saturated carbocycles. The van der Waals surface area contributed by atoms with Crippen molar-refractivity contribution < 1.29 is 50.9 Å². The average molecular weight is 598 g/mol. The van der Waals surface area contributed by atoms with Gasteiger partial charge in [-0.1, -0.05) is 24.3 Å². The quantitative estimate of drug-likeness (QED) is 0.373. The molecule has 42 heavy (non-hydrogen) atoms. The van der Waals surface area contributed by atoms with E-state index in [9.17, 15) is 31.1 Å². The van der Waals surface area contributed by atoms with Crippen molar-refractivity contribution in [2.24, 2.45) is 5.92 Å². The number of alkyl halides is 6. The van der Waals surface area contributed by atoms with E-state index in [-0.39, 0.29) is 12.0 Å². The number of fused-ring (bicyclic) bond motifs is 1. The van der Waals surface area contributed by atoms with E-state index >= 15 is 0 Å². The number of hydrogen-bond acceptors (Lipinski definition) is 5. The molecule has 2 N–H and O–H groups in total. The van der Waals surface area contributed by atoms with Gasteiger partial charge in [-0.05, 0) is 66.6 Å². The summed E-state index contributed by atoms with van der Waals surface area (Å²) in [5.41, 5.74) is 5.60. The second-order valence-corrected chi connectivity index (χ2v) is 9.33. The number of carboxylic acids is 2. The van der Waals surface area contributed by atoms with Crippen LogP contribution in [0.4, 0.5) is 26.3 Å². The van der Waals surface area contributed by atoms with Crippen LogP contribution in [0.15, 0.2) is 67.1 Å². The van der Waals surface area contributed by atoms with Crippen LogP contribution in [-0.4, -0.2) is 61.8 Å². The normalized spacial score (nSPS) is 16.4. The number of amides is 1. The van der Waals surface area contributed by atoms with Crippen molar-refractivity contribution in [3.8, 4) is 11.3 Å². The van der Waals surface area contributed by atoms with Crippen LogP contribution < -0.4 is 0 Å². The second kappa shape index (κ2) is 13.4. The zero-order valence-corrected chi connectivity index (χ0v) is 21.8. The number of carbonyl (C=O) groups is 3. The Balaban J connectivity index is 0.000000289. The molecule has 0 spiro atoms. The van der Waals surface area contributed by atoms with Gasteiger partial charge in [-0.2, -0.15) is 26.3 Å². The lowest BCUT2D eigenvalue weighted by Gasteiger charge is -2.32. The van der Waals surface area contributed by atoms with Crippen molar-refractivity contribution in [3.05, 3.63) is 83.8 Å². The summed E-state index contributed by atoms with van der Waals surface area (Å²) < 4.78 is 63.5. The second-order valence-electron chi connectivity index (χ2n) is 9.33. The van der Waals surface area contributed by atoms with Crippen LogP contribution >= 0.6 is 0 Å². The maximum atomic E-state index is 13.2. The summed E-state index contributed by atoms with van der Waals surface area (Å²) in [5.74, 6) is -4.99. The highest BCUT2D eigenvalue weighted by Crippen LogP contribution is 2.40. The molecule has 5 rings (SSSR count). The van der Waals surface area contributed by atoms with Gasteiger partial charge in [-0.25, -0.2) is 9.59 Å². The van der Waals surface area contributed by atoms with E-state index in [1.165, 1.54) is 11.1 Å². The number of aliphatic carboxylic acids is 2. The molecule has 1 fully saturated rings. The minimum Gasteiger partial charge on any atom is -0.475 e. The monoisotopic (exact) mass is 597 g/mol. The van der Waals surface area contributed by atoms with Crippen LogP contribution in [0.5, 0.6) is 0 Å². The molecule has 1 aliphatic heterocycles. The van der Waals surface area contributed by atoms with E-state index in [1.807, 2.05) is 24.5 Å². The summed E-state index contributed by atoms with van der Waals surface area (Å²) >= 11 is 0. The molecule has 3 aromatic rings. The lowest BCUT2D eigenvalue weighted by atomic mass is 9.92. The molecule has 1 unspecified atom stereocenters. The lowest BCUT2D eigenvalue weighted by Crippen LogP contribution is -2.36. The molecule has 14 heteroatoms. The van der Waals surface area contributed by atoms with Gasteiger partial charge >= 0.3 is 24.3 Å². The van der Waals surface area contributed by atoms with Crippen LogP contribution in [0.2, 0.25) is 0 Å². The molecule has 1 aromatic carbocycles. The Morgan fingerprint density at radius 2 is 1.48 bits per heavy atom. The molecule has 2 aliphatic rings. The van der Waals surface area contributed by atoms with E-state index in [2.05, 4.69) is 51.3 Å². The van der Waals surface area contributed by atoms with Gasteiger partial charge in [-0.15, -0.1) is 0 Å². The first-order valence-electron chi connectivity index (χ1n) is 12.5. The van der Waals surface area contributed by atoms with Gasteiger partial charge in [-0.3, -0.25) is 14.8 Å². The molecule has 2 aromatic heterocycles. The predicted molar refractivity (Wildman–Crippen MR) is 136 cm³/mol. The zero-order chi connectivity index (χ0) is 31.1. The van der Waals surface area contributed by atoms with Gasteiger partial charge in [0.2, 0.25) is 5.91 Å². The third-order valence-electron chi connectivity index (χ3n) is 6.26. The van der Waals surface area contributed by atoms with E-state index < -0.39 is 24.3 Å². The first kappa shape index (κ1) is 32.0. The zero-order valence-electron chi connectivity index (χ0n) is 21.8. The van der Waals surface area contributed by atoms with Gasteiger partial charge < -0.3 is 15.1 Å². The molecule has 1 aliphatic carbocycles. The fourth-order valence-corrected chi connectivity index (χ4v) is 4.22. The van der Waals surface area contributed by atoms with Crippen LogP contribution in [0.1, 0.15) is 42.0 Å². The number of aryl methyl sites for hydroxylation is 1. The fourth-order valence-electron chi connectivity index (χ4n) is 4.22. The van der Waals surface area contributed by atoms with E-state index in [0.29, 0.717) is 5.91 Å². The Labute approximate surface area is 235 Å². The number of rotatable bonds is 3. The third-order valence-corrected chi connectivity index (χ3v) is 6.26. The molecule has 3 heterocycles. The Morgan fingerprint density at radius 1 is 0.857 bits per heavy atom. The number of carbonyl (C=O) groups excluding carboxylic acids is 1. The number of nitrogens with zero attached hydrogens (tertiary/aromatic N) is 3. The van der Waals surface area contributed by atoms with Crippen LogP contribution in [0, 0.1) is 5.92 Å². The number of carboxylic acid groups (broad SMARTS) is 2. The standard InChI is InChI=1S/C24H23N3O.2C2HF3O2/c28-24(18-9-10-18)27-14-4-7-17-5-1-2-8-21(17)23(27)19-11-13-26-22(15-19)20-6-3-12-25-16-20;2*3-2(4,5)1(6)7/h1-3,5-6,8,11-13,15-16,18,23H,4,7,9-10,14H2;2*(H,6,7). The van der Waals surface area contributed by atoms with Crippen molar-refractivity contribution in [2.75, 3.05) is 6.54 Å². The van der Waals surface area contributed by atoms with E-state index in [0.717, 1.165) is 49.0 Å². The van der Waals surface area contributed by atoms with Crippen molar-refractivity contribution in [1.82, 2.24) is 14.9 Å². The molecule has 1 amide bonds. The predicted octanol–water partition coefficient (Wildman–Crippen LogP) is 5.68. The Kier molecular flexibility index (Phi) is 10.3. The Hall–Kier alpha value is -4.49. The SMILES string of the molecule is O=C(C1CC1)N1CCCc2ccccc2C1c1ccnc(-c2cccnc2)c1.O=C(O)C(F)(F)F.O=C(O)C(F)(F)F. The molecule has 0 radical (unpaired) electrons. The number of pyridine rings is 2. The topological polar surface area (TPSA) is 121 Å². The number of aromatic nitrogens is 2. The molecular formula is C28H25F6N3O5. The van der Waals surface area contributed by atoms with Crippen molar-refractivity contribution >= 4 is 17.8 Å². The van der Waals surface area contributed by atoms with Gasteiger partial charge in [0.25, 0.3) is 0 Å². The molecule has 0 bridgehead atoms. The lowest BCUT2D eigenvalue weighted by molar-refractivity contribution is -0.193. The maximum Gasteiger partial charge on any atom is 0.490 e. The average Bonchev–Trinajstić information content (AvgIpc) is 3.80. The fraction of sp³-hybridized carbons (Fsp3) is 0.321. The van der Waals surface area contributed by atoms with Crippen LogP contribution in [0.3, 0.4) is 0 Å². The van der Waals surface area contributed by atoms with Gasteiger partial charge in [0.15, 0.2) is 0 Å². The Morgan fingerprint density at radius 3 is 2.02 bits per heavy atom. The number of hydrogen-bond donors (Lipinski definition) is 2. The number of halogens is 6. The Bertz CT molecular complexity index is 1370. The van der Waals surface area contributed by atoms with Crippen molar-refractivity contribution in [3.63, 3.8) is 0 Å². The van der Waals surface area contributed by atoms with E-state index in [1.54, 1.807) is 6.20 Å². The summed E-state index contributed by atoms with van der Waals surface area (Å²) in [5, 5.41) is 14.2. The molecular weight excluding hydrogens is 572 g/mol. The van der Waals surface area contributed by atoms with Gasteiger partial charge in [0.05, 0.1) is 11.7 Å². The van der Waals surface area contributed by atoms with Crippen LogP contribution in [-0.2, 0) is 20.8 Å². The minimum atomic E-state index is -5.08. The minimum absolute atomic E-state index is 0.0507. The van der Waals surface area contributed by atoms with Crippen molar-refractivity contribution in [1.29, 1.82) is 0 Å². The summed E-state index contributed by atoms with van der Waals surface area (Å²) in [7, 11) is 0. The highest BCUT2D eigenvalue weighted by molar-refractivity contribution is 5.82. The largest absolute Gasteiger partial charge is 0.490 e. The first-order valence-corrected chi connectivity index (χ1v) is 12.5. The first-order chi connectivity index (χ1) is 19.7. The highest BCUT2D eigenvalue weighted by atomic mass is 19.4. The van der Waals surface area contributed by atoms with E-state index in [4.69, 9.17) is 19.8 Å². The summed E-state index contributed by atoms with van der Waals surface area (Å²) in [6.07, 6.45) is -0.633. The summed E-state index contributed by atoms with van der Waals surface area (Å²) in [4.78, 5) is 41.9. The molecule has 0 saturated heterocycles. The van der Waals surface area contributed by atoms with Crippen LogP contribution in [0.25, 0.3) is 11.3 Å². The summed E-state index contributed by atoms with van der Waals surface area (Å²) in [6, 6.07) is 16.6. The molecule has 8 nitrogen and oxygen atoms in total.